The number of nitrogens with one attached hydrogen (secondary N) is 2. The van der Waals surface area contributed by atoms with Crippen LogP contribution in [0.2, 0.25) is 0 Å². The topological polar surface area (TPSA) is 119 Å². The molecule has 1 amide bonds. The predicted octanol–water partition coefficient (Wildman–Crippen LogP) is 4.83. The number of carbonyl (C=O) groups is 1. The summed E-state index contributed by atoms with van der Waals surface area (Å²) in [6.07, 6.45) is 4.85. The molecule has 5 aromatic rings. The third kappa shape index (κ3) is 4.95. The highest BCUT2D eigenvalue weighted by atomic mass is 32.1. The number of fused-ring (bicyclic) bond motifs is 1. The Kier molecular flexibility index (Phi) is 6.32. The maximum absolute atomic E-state index is 12.9. The molecule has 5 rings (SSSR count). The smallest absolute Gasteiger partial charge is 0.255 e. The number of amides is 1. The van der Waals surface area contributed by atoms with E-state index in [0.717, 1.165) is 31.9 Å². The second-order valence-corrected chi connectivity index (χ2v) is 9.13. The normalized spacial score (nSPS) is 11.8. The number of benzene rings is 1. The molecule has 1 atom stereocenters. The molecule has 4 N–H and O–H groups in total. The monoisotopic (exact) mass is 481 g/mol. The molecule has 0 aliphatic rings. The summed E-state index contributed by atoms with van der Waals surface area (Å²) in [5, 5.41) is 7.14. The van der Waals surface area contributed by atoms with Crippen LogP contribution in [0.3, 0.4) is 0 Å². The molecule has 0 saturated carbocycles. The molecule has 0 fully saturated rings. The molecule has 0 bridgehead atoms. The molecule has 1 unspecified atom stereocenters. The number of nitrogen functional groups attached to an aromatic ring is 1. The van der Waals surface area contributed by atoms with Crippen molar-refractivity contribution in [2.45, 2.75) is 19.5 Å². The standard InChI is InChI=1S/C26H23N7OS/c1-16(21-6-2-3-11-28-21)33-26(34)19-5-4-12-29-25(19)30-14-18-8-10-23(35-18)17-7-9-22-20(13-17)24(27)32-15-31-22/h2-13,15-16H,14H2,1H3,(H,29,30)(H,33,34)(H2,27,31,32). The van der Waals surface area contributed by atoms with Gasteiger partial charge in [0.2, 0.25) is 0 Å². The molecule has 4 heterocycles. The summed E-state index contributed by atoms with van der Waals surface area (Å²) in [6.45, 7) is 2.44. The first-order chi connectivity index (χ1) is 17.1. The molecule has 0 spiro atoms. The van der Waals surface area contributed by atoms with Gasteiger partial charge in [0.05, 0.1) is 29.4 Å². The predicted molar refractivity (Wildman–Crippen MR) is 139 cm³/mol. The van der Waals surface area contributed by atoms with Crippen LogP contribution in [-0.4, -0.2) is 25.8 Å². The molecule has 0 aliphatic heterocycles. The minimum Gasteiger partial charge on any atom is -0.383 e. The maximum Gasteiger partial charge on any atom is 0.255 e. The third-order valence-electron chi connectivity index (χ3n) is 5.57. The van der Waals surface area contributed by atoms with Crippen molar-refractivity contribution in [2.24, 2.45) is 0 Å². The molecule has 8 nitrogen and oxygen atoms in total. The highest BCUT2D eigenvalue weighted by Gasteiger charge is 2.16. The van der Waals surface area contributed by atoms with Gasteiger partial charge in [-0.15, -0.1) is 11.3 Å². The van der Waals surface area contributed by atoms with Crippen molar-refractivity contribution in [1.82, 2.24) is 25.3 Å². The lowest BCUT2D eigenvalue weighted by Crippen LogP contribution is -2.28. The van der Waals surface area contributed by atoms with Crippen molar-refractivity contribution in [3.63, 3.8) is 0 Å². The van der Waals surface area contributed by atoms with Crippen molar-refractivity contribution in [1.29, 1.82) is 0 Å². The van der Waals surface area contributed by atoms with E-state index in [0.29, 0.717) is 23.7 Å². The molecular formula is C26H23N7OS. The lowest BCUT2D eigenvalue weighted by atomic mass is 10.1. The van der Waals surface area contributed by atoms with Gasteiger partial charge in [-0.05, 0) is 61.0 Å². The second-order valence-electron chi connectivity index (χ2n) is 7.96. The molecule has 0 saturated heterocycles. The van der Waals surface area contributed by atoms with Gasteiger partial charge in [-0.25, -0.2) is 15.0 Å². The number of anilines is 2. The SMILES string of the molecule is CC(NC(=O)c1cccnc1NCc1ccc(-c2ccc3ncnc(N)c3c2)s1)c1ccccn1. The van der Waals surface area contributed by atoms with Gasteiger partial charge in [-0.2, -0.15) is 0 Å². The Morgan fingerprint density at radius 3 is 2.74 bits per heavy atom. The quantitative estimate of drug-likeness (QED) is 0.304. The molecule has 0 radical (unpaired) electrons. The van der Waals surface area contributed by atoms with Crippen LogP contribution in [0.4, 0.5) is 11.6 Å². The average molecular weight is 482 g/mol. The molecule has 9 heteroatoms. The second kappa shape index (κ2) is 9.86. The number of rotatable bonds is 7. The highest BCUT2D eigenvalue weighted by Crippen LogP contribution is 2.31. The van der Waals surface area contributed by atoms with Crippen molar-refractivity contribution < 1.29 is 4.79 Å². The van der Waals surface area contributed by atoms with E-state index in [1.54, 1.807) is 35.9 Å². The highest BCUT2D eigenvalue weighted by molar-refractivity contribution is 7.15. The zero-order chi connectivity index (χ0) is 24.2. The number of thiophene rings is 1. The first-order valence-electron chi connectivity index (χ1n) is 11.1. The Balaban J connectivity index is 1.29. The number of aromatic nitrogens is 4. The van der Waals surface area contributed by atoms with E-state index in [4.69, 9.17) is 5.73 Å². The van der Waals surface area contributed by atoms with Crippen molar-refractivity contribution in [3.05, 3.63) is 95.5 Å². The van der Waals surface area contributed by atoms with Crippen LogP contribution in [0.1, 0.15) is 33.9 Å². The van der Waals surface area contributed by atoms with E-state index in [1.807, 2.05) is 43.3 Å². The van der Waals surface area contributed by atoms with E-state index < -0.39 is 0 Å². The van der Waals surface area contributed by atoms with Gasteiger partial charge in [0.25, 0.3) is 5.91 Å². The van der Waals surface area contributed by atoms with Crippen LogP contribution < -0.4 is 16.4 Å². The van der Waals surface area contributed by atoms with Crippen LogP contribution in [0.25, 0.3) is 21.3 Å². The average Bonchev–Trinajstić information content (AvgIpc) is 3.37. The zero-order valence-corrected chi connectivity index (χ0v) is 19.8. The Morgan fingerprint density at radius 1 is 1.00 bits per heavy atom. The Bertz CT molecular complexity index is 1490. The molecule has 35 heavy (non-hydrogen) atoms. The summed E-state index contributed by atoms with van der Waals surface area (Å²) in [7, 11) is 0. The van der Waals surface area contributed by atoms with Gasteiger partial charge < -0.3 is 16.4 Å². The minimum atomic E-state index is -0.224. The first kappa shape index (κ1) is 22.4. The van der Waals surface area contributed by atoms with Gasteiger partial charge in [0.15, 0.2) is 0 Å². The Hall–Kier alpha value is -4.37. The number of hydrogen-bond donors (Lipinski definition) is 3. The fourth-order valence-electron chi connectivity index (χ4n) is 3.74. The molecule has 174 valence electrons. The number of pyridine rings is 2. The van der Waals surface area contributed by atoms with Gasteiger partial charge in [0, 0.05) is 27.5 Å². The van der Waals surface area contributed by atoms with Crippen molar-refractivity contribution in [2.75, 3.05) is 11.1 Å². The van der Waals surface area contributed by atoms with E-state index in [1.165, 1.54) is 6.33 Å². The van der Waals surface area contributed by atoms with Crippen LogP contribution in [0.5, 0.6) is 0 Å². The Morgan fingerprint density at radius 2 is 1.89 bits per heavy atom. The van der Waals surface area contributed by atoms with Crippen molar-refractivity contribution >= 4 is 39.8 Å². The maximum atomic E-state index is 12.9. The van der Waals surface area contributed by atoms with Gasteiger partial charge in [-0.3, -0.25) is 9.78 Å². The zero-order valence-electron chi connectivity index (χ0n) is 19.0. The summed E-state index contributed by atoms with van der Waals surface area (Å²) in [5.41, 5.74) is 9.17. The molecule has 0 aliphatic carbocycles. The molecular weight excluding hydrogens is 458 g/mol. The van der Waals surface area contributed by atoms with Crippen LogP contribution in [-0.2, 0) is 6.54 Å². The van der Waals surface area contributed by atoms with Gasteiger partial charge in [-0.1, -0.05) is 12.1 Å². The lowest BCUT2D eigenvalue weighted by molar-refractivity contribution is 0.0939. The van der Waals surface area contributed by atoms with E-state index in [9.17, 15) is 4.79 Å². The summed E-state index contributed by atoms with van der Waals surface area (Å²) >= 11 is 1.66. The lowest BCUT2D eigenvalue weighted by Gasteiger charge is -2.15. The molecule has 4 aromatic heterocycles. The van der Waals surface area contributed by atoms with Crippen LogP contribution in [0.15, 0.2) is 79.4 Å². The fourth-order valence-corrected chi connectivity index (χ4v) is 4.68. The number of nitrogens with two attached hydrogens (primary N) is 1. The van der Waals surface area contributed by atoms with Crippen molar-refractivity contribution in [3.8, 4) is 10.4 Å². The van der Waals surface area contributed by atoms with E-state index in [-0.39, 0.29) is 11.9 Å². The van der Waals surface area contributed by atoms with Crippen LogP contribution >= 0.6 is 11.3 Å². The summed E-state index contributed by atoms with van der Waals surface area (Å²) in [4.78, 5) is 32.2. The summed E-state index contributed by atoms with van der Waals surface area (Å²) in [5.74, 6) is 0.791. The largest absolute Gasteiger partial charge is 0.383 e. The first-order valence-corrected chi connectivity index (χ1v) is 11.9. The van der Waals surface area contributed by atoms with Gasteiger partial charge >= 0.3 is 0 Å². The summed E-state index contributed by atoms with van der Waals surface area (Å²) < 4.78 is 0. The number of carbonyl (C=O) groups excluding carboxylic acids is 1. The van der Waals surface area contributed by atoms with E-state index >= 15 is 0 Å². The number of nitrogens with zero attached hydrogens (tertiary/aromatic N) is 4. The van der Waals surface area contributed by atoms with Crippen LogP contribution in [0, 0.1) is 0 Å². The molecule has 1 aromatic carbocycles. The number of hydrogen-bond acceptors (Lipinski definition) is 8. The Labute approximate surface area is 206 Å². The van der Waals surface area contributed by atoms with Gasteiger partial charge in [0.1, 0.15) is 18.0 Å². The minimum absolute atomic E-state index is 0.207. The fraction of sp³-hybridized carbons (Fsp3) is 0.115. The van der Waals surface area contributed by atoms with E-state index in [2.05, 4.69) is 42.7 Å². The summed E-state index contributed by atoms with van der Waals surface area (Å²) in [6, 6.07) is 19.1. The third-order valence-corrected chi connectivity index (χ3v) is 6.71.